The lowest BCUT2D eigenvalue weighted by Crippen LogP contribution is -2.07. The van der Waals surface area contributed by atoms with Gasteiger partial charge in [-0.3, -0.25) is 4.68 Å². The quantitative estimate of drug-likeness (QED) is 0.692. The summed E-state index contributed by atoms with van der Waals surface area (Å²) >= 11 is 0. The van der Waals surface area contributed by atoms with Crippen LogP contribution in [0.4, 0.5) is 0 Å². The zero-order chi connectivity index (χ0) is 15.0. The first-order chi connectivity index (χ1) is 10.1. The first-order valence-corrected chi connectivity index (χ1v) is 6.69. The number of carbonyl (C=O) groups is 1. The number of aryl methyl sites for hydroxylation is 2. The number of benzene rings is 1. The van der Waals surface area contributed by atoms with E-state index >= 15 is 0 Å². The molecule has 0 aliphatic heterocycles. The van der Waals surface area contributed by atoms with Gasteiger partial charge in [-0.2, -0.15) is 5.10 Å². The third-order valence-corrected chi connectivity index (χ3v) is 3.32. The minimum absolute atomic E-state index is 0.297. The smallest absolute Gasteiger partial charge is 0.344 e. The van der Waals surface area contributed by atoms with Crippen molar-refractivity contribution in [3.8, 4) is 11.4 Å². The molecule has 0 bridgehead atoms. The summed E-state index contributed by atoms with van der Waals surface area (Å²) in [5, 5.41) is 9.38. The van der Waals surface area contributed by atoms with E-state index < -0.39 is 5.97 Å². The van der Waals surface area contributed by atoms with Gasteiger partial charge in [0.05, 0.1) is 12.1 Å². The third-order valence-electron chi connectivity index (χ3n) is 3.32. The number of ether oxygens (including phenoxy) is 1. The van der Waals surface area contributed by atoms with Gasteiger partial charge in [0.2, 0.25) is 0 Å². The Bertz CT molecular complexity index is 817. The standard InChI is InChI=1S/C15H15N3O3/c1-4-20-15(19)12-9(2)21-17-14(12)13-10-7-5-6-8-11(10)18(3)16-13/h5-8H,4H2,1-3H3. The number of hydrogen-bond acceptors (Lipinski definition) is 5. The summed E-state index contributed by atoms with van der Waals surface area (Å²) in [5.74, 6) is -0.0147. The van der Waals surface area contributed by atoms with Gasteiger partial charge < -0.3 is 9.26 Å². The molecule has 0 N–H and O–H groups in total. The Morgan fingerprint density at radius 3 is 2.86 bits per heavy atom. The number of carbonyl (C=O) groups excluding carboxylic acids is 1. The average molecular weight is 285 g/mol. The highest BCUT2D eigenvalue weighted by atomic mass is 16.5. The van der Waals surface area contributed by atoms with Crippen LogP contribution in [-0.2, 0) is 11.8 Å². The van der Waals surface area contributed by atoms with Gasteiger partial charge in [0.25, 0.3) is 0 Å². The van der Waals surface area contributed by atoms with Crippen molar-refractivity contribution in [2.45, 2.75) is 13.8 Å². The summed E-state index contributed by atoms with van der Waals surface area (Å²) in [6.45, 7) is 3.75. The molecular weight excluding hydrogens is 270 g/mol. The maximum atomic E-state index is 12.1. The molecule has 0 saturated carbocycles. The molecule has 0 saturated heterocycles. The second-order valence-electron chi connectivity index (χ2n) is 4.67. The first kappa shape index (κ1) is 13.4. The molecule has 0 spiro atoms. The van der Waals surface area contributed by atoms with Crippen LogP contribution in [0.15, 0.2) is 28.8 Å². The van der Waals surface area contributed by atoms with Gasteiger partial charge in [0.1, 0.15) is 22.7 Å². The molecule has 0 fully saturated rings. The highest BCUT2D eigenvalue weighted by molar-refractivity contribution is 6.01. The fraction of sp³-hybridized carbons (Fsp3) is 0.267. The van der Waals surface area contributed by atoms with Gasteiger partial charge in [0.15, 0.2) is 0 Å². The van der Waals surface area contributed by atoms with Crippen molar-refractivity contribution in [1.82, 2.24) is 14.9 Å². The molecule has 6 heteroatoms. The Balaban J connectivity index is 2.22. The largest absolute Gasteiger partial charge is 0.462 e. The topological polar surface area (TPSA) is 70.2 Å². The number of esters is 1. The predicted molar refractivity (Wildman–Crippen MR) is 76.9 cm³/mol. The Morgan fingerprint density at radius 2 is 2.10 bits per heavy atom. The molecule has 2 heterocycles. The van der Waals surface area contributed by atoms with E-state index in [9.17, 15) is 4.79 Å². The molecule has 0 atom stereocenters. The van der Waals surface area contributed by atoms with Crippen LogP contribution in [-0.4, -0.2) is 27.5 Å². The number of para-hydroxylation sites is 1. The molecule has 0 radical (unpaired) electrons. The van der Waals surface area contributed by atoms with Gasteiger partial charge in [0, 0.05) is 12.4 Å². The Morgan fingerprint density at radius 1 is 1.33 bits per heavy atom. The Hall–Kier alpha value is -2.63. The SMILES string of the molecule is CCOC(=O)c1c(-c2nn(C)c3ccccc23)noc1C. The summed E-state index contributed by atoms with van der Waals surface area (Å²) in [6.07, 6.45) is 0. The fourth-order valence-electron chi connectivity index (χ4n) is 2.37. The summed E-state index contributed by atoms with van der Waals surface area (Å²) < 4.78 is 12.0. The normalized spacial score (nSPS) is 11.0. The van der Waals surface area contributed by atoms with Gasteiger partial charge in [-0.1, -0.05) is 23.4 Å². The molecule has 108 valence electrons. The predicted octanol–water partition coefficient (Wildman–Crippen LogP) is 2.71. The van der Waals surface area contributed by atoms with Gasteiger partial charge >= 0.3 is 5.97 Å². The lowest BCUT2D eigenvalue weighted by Gasteiger charge is -2.01. The number of hydrogen-bond donors (Lipinski definition) is 0. The highest BCUT2D eigenvalue weighted by Gasteiger charge is 2.26. The zero-order valence-electron chi connectivity index (χ0n) is 12.1. The average Bonchev–Trinajstić information content (AvgIpc) is 3.01. The Kier molecular flexibility index (Phi) is 3.21. The molecule has 2 aromatic heterocycles. The molecular formula is C15H15N3O3. The van der Waals surface area contributed by atoms with Crippen LogP contribution in [0.5, 0.6) is 0 Å². The fourth-order valence-corrected chi connectivity index (χ4v) is 2.37. The van der Waals surface area contributed by atoms with Crippen LogP contribution in [0, 0.1) is 6.92 Å². The molecule has 0 unspecified atom stereocenters. The monoisotopic (exact) mass is 285 g/mol. The van der Waals surface area contributed by atoms with Crippen molar-refractivity contribution >= 4 is 16.9 Å². The molecule has 0 aliphatic rings. The summed E-state index contributed by atoms with van der Waals surface area (Å²) in [7, 11) is 1.85. The maximum absolute atomic E-state index is 12.1. The third kappa shape index (κ3) is 2.08. The number of fused-ring (bicyclic) bond motifs is 1. The van der Waals surface area contributed by atoms with Gasteiger partial charge in [-0.25, -0.2) is 4.79 Å². The molecule has 0 aliphatic carbocycles. The minimum atomic E-state index is -0.444. The molecule has 21 heavy (non-hydrogen) atoms. The van der Waals surface area contributed by atoms with Crippen molar-refractivity contribution in [3.05, 3.63) is 35.6 Å². The summed E-state index contributed by atoms with van der Waals surface area (Å²) in [6, 6.07) is 7.76. The summed E-state index contributed by atoms with van der Waals surface area (Å²) in [4.78, 5) is 12.1. The Labute approximate surface area is 121 Å². The van der Waals surface area contributed by atoms with E-state index in [1.54, 1.807) is 18.5 Å². The van der Waals surface area contributed by atoms with Crippen LogP contribution in [0.1, 0.15) is 23.0 Å². The van der Waals surface area contributed by atoms with E-state index in [0.29, 0.717) is 29.3 Å². The van der Waals surface area contributed by atoms with Crippen molar-refractivity contribution in [1.29, 1.82) is 0 Å². The summed E-state index contributed by atoms with van der Waals surface area (Å²) in [5.41, 5.74) is 2.33. The van der Waals surface area contributed by atoms with Crippen molar-refractivity contribution in [2.75, 3.05) is 6.61 Å². The number of rotatable bonds is 3. The van der Waals surface area contributed by atoms with Crippen LogP contribution in [0.3, 0.4) is 0 Å². The van der Waals surface area contributed by atoms with Gasteiger partial charge in [-0.05, 0) is 19.9 Å². The molecule has 3 aromatic rings. The maximum Gasteiger partial charge on any atom is 0.344 e. The number of aromatic nitrogens is 3. The van der Waals surface area contributed by atoms with E-state index in [-0.39, 0.29) is 0 Å². The van der Waals surface area contributed by atoms with Crippen LogP contribution in [0.25, 0.3) is 22.3 Å². The van der Waals surface area contributed by atoms with Crippen molar-refractivity contribution < 1.29 is 14.1 Å². The van der Waals surface area contributed by atoms with E-state index in [1.165, 1.54) is 0 Å². The second kappa shape index (κ2) is 5.05. The minimum Gasteiger partial charge on any atom is -0.462 e. The molecule has 0 amide bonds. The molecule has 6 nitrogen and oxygen atoms in total. The molecule has 3 rings (SSSR count). The van der Waals surface area contributed by atoms with E-state index in [2.05, 4.69) is 10.3 Å². The zero-order valence-corrected chi connectivity index (χ0v) is 12.1. The van der Waals surface area contributed by atoms with Gasteiger partial charge in [-0.15, -0.1) is 0 Å². The lowest BCUT2D eigenvalue weighted by molar-refractivity contribution is 0.0525. The van der Waals surface area contributed by atoms with Crippen LogP contribution < -0.4 is 0 Å². The first-order valence-electron chi connectivity index (χ1n) is 6.69. The van der Waals surface area contributed by atoms with E-state index in [0.717, 1.165) is 10.9 Å². The van der Waals surface area contributed by atoms with E-state index in [1.807, 2.05) is 31.3 Å². The van der Waals surface area contributed by atoms with Crippen LogP contribution >= 0.6 is 0 Å². The second-order valence-corrected chi connectivity index (χ2v) is 4.67. The van der Waals surface area contributed by atoms with Crippen LogP contribution in [0.2, 0.25) is 0 Å². The van der Waals surface area contributed by atoms with E-state index in [4.69, 9.17) is 9.26 Å². The molecule has 1 aromatic carbocycles. The highest BCUT2D eigenvalue weighted by Crippen LogP contribution is 2.30. The number of nitrogens with zero attached hydrogens (tertiary/aromatic N) is 3. The van der Waals surface area contributed by atoms with Crippen molar-refractivity contribution in [3.63, 3.8) is 0 Å². The lowest BCUT2D eigenvalue weighted by atomic mass is 10.1. The van der Waals surface area contributed by atoms with Crippen molar-refractivity contribution in [2.24, 2.45) is 7.05 Å².